The third kappa shape index (κ3) is 6.34. The van der Waals surface area contributed by atoms with Gasteiger partial charge < -0.3 is 14.8 Å². The van der Waals surface area contributed by atoms with Crippen molar-refractivity contribution in [3.63, 3.8) is 0 Å². The van der Waals surface area contributed by atoms with Gasteiger partial charge in [-0.25, -0.2) is 4.98 Å². The Hall–Kier alpha value is -3.41. The minimum Gasteiger partial charge on any atom is -0.352 e. The summed E-state index contributed by atoms with van der Waals surface area (Å²) >= 11 is 0. The van der Waals surface area contributed by atoms with E-state index in [1.165, 1.54) is 6.08 Å². The highest BCUT2D eigenvalue weighted by Crippen LogP contribution is 2.19. The number of nitrogens with zero attached hydrogens (tertiary/aromatic N) is 3. The van der Waals surface area contributed by atoms with Gasteiger partial charge in [0, 0.05) is 31.1 Å². The lowest BCUT2D eigenvalue weighted by Gasteiger charge is -2.34. The van der Waals surface area contributed by atoms with Crippen molar-refractivity contribution in [2.45, 2.75) is 65.6 Å². The second-order valence-corrected chi connectivity index (χ2v) is 8.70. The maximum atomic E-state index is 13.4. The van der Waals surface area contributed by atoms with Gasteiger partial charge in [0.2, 0.25) is 11.8 Å². The van der Waals surface area contributed by atoms with Gasteiger partial charge in [0.05, 0.1) is 11.0 Å². The molecule has 1 N–H and O–H groups in total. The minimum atomic E-state index is -0.151. The molecule has 180 valence electrons. The van der Waals surface area contributed by atoms with Crippen LogP contribution in [-0.4, -0.2) is 44.9 Å². The van der Waals surface area contributed by atoms with Crippen LogP contribution in [0.5, 0.6) is 0 Å². The number of aromatic nitrogens is 2. The number of carbonyl (C=O) groups is 2. The lowest BCUT2D eigenvalue weighted by atomic mass is 10.1. The summed E-state index contributed by atoms with van der Waals surface area (Å²) in [5.74, 6) is 0.750. The van der Waals surface area contributed by atoms with Crippen LogP contribution in [0.3, 0.4) is 0 Å². The Bertz CT molecular complexity index is 1110. The van der Waals surface area contributed by atoms with E-state index in [1.807, 2.05) is 64.1 Å². The van der Waals surface area contributed by atoms with Gasteiger partial charge in [0.25, 0.3) is 0 Å². The highest BCUT2D eigenvalue weighted by Gasteiger charge is 2.25. The molecule has 0 aliphatic carbocycles. The van der Waals surface area contributed by atoms with Crippen molar-refractivity contribution < 1.29 is 9.59 Å². The van der Waals surface area contributed by atoms with Crippen LogP contribution in [0.25, 0.3) is 17.1 Å². The molecule has 0 saturated heterocycles. The number of para-hydroxylation sites is 2. The number of fused-ring (bicyclic) bond motifs is 1. The van der Waals surface area contributed by atoms with Crippen LogP contribution in [0, 0.1) is 0 Å². The Labute approximate surface area is 202 Å². The minimum absolute atomic E-state index is 0.0999. The number of carbonyl (C=O) groups excluding carboxylic acids is 2. The average molecular weight is 461 g/mol. The van der Waals surface area contributed by atoms with Crippen molar-refractivity contribution in [1.29, 1.82) is 0 Å². The molecule has 0 aliphatic rings. The van der Waals surface area contributed by atoms with Gasteiger partial charge in [-0.1, -0.05) is 56.3 Å². The van der Waals surface area contributed by atoms with Gasteiger partial charge in [-0.2, -0.15) is 0 Å². The molecule has 0 spiro atoms. The third-order valence-corrected chi connectivity index (χ3v) is 6.32. The summed E-state index contributed by atoms with van der Waals surface area (Å²) in [6.07, 6.45) is 5.70. The van der Waals surface area contributed by atoms with Crippen molar-refractivity contribution in [1.82, 2.24) is 19.8 Å². The summed E-state index contributed by atoms with van der Waals surface area (Å²) in [5.41, 5.74) is 2.78. The second kappa shape index (κ2) is 12.2. The molecule has 6 nitrogen and oxygen atoms in total. The summed E-state index contributed by atoms with van der Waals surface area (Å²) in [6, 6.07) is 17.9. The number of nitrogens with one attached hydrogen (secondary N) is 1. The van der Waals surface area contributed by atoms with Crippen molar-refractivity contribution in [2.75, 3.05) is 6.54 Å². The van der Waals surface area contributed by atoms with Gasteiger partial charge >= 0.3 is 0 Å². The lowest BCUT2D eigenvalue weighted by Crippen LogP contribution is -2.46. The topological polar surface area (TPSA) is 67.2 Å². The number of imidazole rings is 1. The van der Waals surface area contributed by atoms with E-state index in [2.05, 4.69) is 33.0 Å². The number of benzene rings is 2. The van der Waals surface area contributed by atoms with E-state index in [-0.39, 0.29) is 30.4 Å². The SMILES string of the molecule is CCC(C)N(C(=O)Cn1c(CCNC(=O)/C=C/c2ccccc2)nc2ccccc21)C(C)CC. The first-order valence-electron chi connectivity index (χ1n) is 12.2. The molecule has 1 aromatic heterocycles. The van der Waals surface area contributed by atoms with Crippen molar-refractivity contribution >= 4 is 28.9 Å². The average Bonchev–Trinajstić information content (AvgIpc) is 3.20. The van der Waals surface area contributed by atoms with Gasteiger partial charge in [-0.05, 0) is 50.5 Å². The molecule has 6 heteroatoms. The van der Waals surface area contributed by atoms with E-state index < -0.39 is 0 Å². The predicted octanol–water partition coefficient (Wildman–Crippen LogP) is 4.83. The summed E-state index contributed by atoms with van der Waals surface area (Å²) < 4.78 is 2.00. The summed E-state index contributed by atoms with van der Waals surface area (Å²) in [5, 5.41) is 2.93. The largest absolute Gasteiger partial charge is 0.352 e. The van der Waals surface area contributed by atoms with E-state index in [1.54, 1.807) is 6.08 Å². The standard InChI is InChI=1S/C28H36N4O2/c1-5-21(3)32(22(4)6-2)28(34)20-31-25-15-11-10-14-24(25)30-26(31)18-19-29-27(33)17-16-23-12-8-7-9-13-23/h7-17,21-22H,5-6,18-20H2,1-4H3,(H,29,33)/b17-16+. The third-order valence-electron chi connectivity index (χ3n) is 6.32. The van der Waals surface area contributed by atoms with Crippen LogP contribution < -0.4 is 5.32 Å². The molecule has 34 heavy (non-hydrogen) atoms. The maximum absolute atomic E-state index is 13.4. The van der Waals surface area contributed by atoms with Gasteiger partial charge in [-0.15, -0.1) is 0 Å². The fraction of sp³-hybridized carbons (Fsp3) is 0.393. The molecule has 0 aliphatic heterocycles. The van der Waals surface area contributed by atoms with E-state index in [0.29, 0.717) is 13.0 Å². The van der Waals surface area contributed by atoms with Gasteiger partial charge in [-0.3, -0.25) is 9.59 Å². The van der Waals surface area contributed by atoms with Crippen molar-refractivity contribution in [3.8, 4) is 0 Å². The van der Waals surface area contributed by atoms with E-state index >= 15 is 0 Å². The molecule has 2 amide bonds. The molecule has 0 radical (unpaired) electrons. The Kier molecular flexibility index (Phi) is 9.02. The summed E-state index contributed by atoms with van der Waals surface area (Å²) in [6.45, 7) is 9.12. The van der Waals surface area contributed by atoms with E-state index in [9.17, 15) is 9.59 Å². The van der Waals surface area contributed by atoms with Crippen LogP contribution in [-0.2, 0) is 22.6 Å². The molecule has 3 rings (SSSR count). The molecule has 3 aromatic rings. The molecule has 0 bridgehead atoms. The van der Waals surface area contributed by atoms with Crippen LogP contribution in [0.1, 0.15) is 51.9 Å². The maximum Gasteiger partial charge on any atom is 0.244 e. The number of hydrogen-bond donors (Lipinski definition) is 1. The molecule has 2 unspecified atom stereocenters. The van der Waals surface area contributed by atoms with Crippen molar-refractivity contribution in [3.05, 3.63) is 72.1 Å². The molecule has 2 atom stereocenters. The first kappa shape index (κ1) is 25.2. The lowest BCUT2D eigenvalue weighted by molar-refractivity contribution is -0.136. The Morgan fingerprint density at radius 2 is 1.65 bits per heavy atom. The predicted molar refractivity (Wildman–Crippen MR) is 138 cm³/mol. The molecular formula is C28H36N4O2. The van der Waals surface area contributed by atoms with Crippen molar-refractivity contribution in [2.24, 2.45) is 0 Å². The van der Waals surface area contributed by atoms with Crippen LogP contribution in [0.15, 0.2) is 60.7 Å². The second-order valence-electron chi connectivity index (χ2n) is 8.70. The zero-order chi connectivity index (χ0) is 24.5. The van der Waals surface area contributed by atoms with E-state index in [4.69, 9.17) is 4.98 Å². The highest BCUT2D eigenvalue weighted by molar-refractivity contribution is 5.91. The smallest absolute Gasteiger partial charge is 0.244 e. The zero-order valence-electron chi connectivity index (χ0n) is 20.7. The summed E-state index contributed by atoms with van der Waals surface area (Å²) in [4.78, 5) is 32.4. The zero-order valence-corrected chi connectivity index (χ0v) is 20.7. The Morgan fingerprint density at radius 1 is 1.00 bits per heavy atom. The van der Waals surface area contributed by atoms with E-state index in [0.717, 1.165) is 35.3 Å². The van der Waals surface area contributed by atoms with Crippen LogP contribution in [0.2, 0.25) is 0 Å². The molecule has 0 saturated carbocycles. The number of hydrogen-bond acceptors (Lipinski definition) is 3. The van der Waals surface area contributed by atoms with Gasteiger partial charge in [0.1, 0.15) is 12.4 Å². The Morgan fingerprint density at radius 3 is 2.32 bits per heavy atom. The molecular weight excluding hydrogens is 424 g/mol. The Balaban J connectivity index is 1.72. The highest BCUT2D eigenvalue weighted by atomic mass is 16.2. The molecule has 2 aromatic carbocycles. The normalized spacial score (nSPS) is 13.2. The van der Waals surface area contributed by atoms with Crippen LogP contribution >= 0.6 is 0 Å². The number of rotatable bonds is 11. The fourth-order valence-electron chi connectivity index (χ4n) is 4.12. The molecule has 0 fully saturated rings. The quantitative estimate of drug-likeness (QED) is 0.417. The molecule has 1 heterocycles. The van der Waals surface area contributed by atoms with Gasteiger partial charge in [0.15, 0.2) is 0 Å². The fourth-order valence-corrected chi connectivity index (χ4v) is 4.12. The first-order chi connectivity index (χ1) is 16.4. The summed E-state index contributed by atoms with van der Waals surface area (Å²) in [7, 11) is 0. The van der Waals surface area contributed by atoms with Crippen LogP contribution in [0.4, 0.5) is 0 Å². The number of amides is 2. The monoisotopic (exact) mass is 460 g/mol. The first-order valence-corrected chi connectivity index (χ1v) is 12.2.